The van der Waals surface area contributed by atoms with Crippen LogP contribution in [0.1, 0.15) is 32.8 Å². The van der Waals surface area contributed by atoms with E-state index >= 15 is 0 Å². The van der Waals surface area contributed by atoms with Gasteiger partial charge in [-0.05, 0) is 56.5 Å². The first-order valence-corrected chi connectivity index (χ1v) is 8.37. The second-order valence-electron chi connectivity index (χ2n) is 5.89. The third-order valence-electron chi connectivity index (χ3n) is 4.24. The molecule has 5 nitrogen and oxygen atoms in total. The molecule has 0 aliphatic rings. The number of nitrogens with zero attached hydrogens (tertiary/aromatic N) is 2. The van der Waals surface area contributed by atoms with Crippen LogP contribution in [0.2, 0.25) is 0 Å². The van der Waals surface area contributed by atoms with Crippen LogP contribution in [0.3, 0.4) is 0 Å². The molecule has 1 aromatic carbocycles. The van der Waals surface area contributed by atoms with Crippen LogP contribution < -0.4 is 5.32 Å². The molecule has 0 radical (unpaired) electrons. The van der Waals surface area contributed by atoms with Gasteiger partial charge in [-0.25, -0.2) is 0 Å². The van der Waals surface area contributed by atoms with Crippen LogP contribution in [0, 0.1) is 39.0 Å². The molecule has 0 aliphatic carbocycles. The summed E-state index contributed by atoms with van der Waals surface area (Å²) < 4.78 is 5.32. The number of amides is 1. The average Bonchev–Trinajstić information content (AvgIpc) is 3.01. The lowest BCUT2D eigenvalue weighted by Crippen LogP contribution is -2.14. The molecule has 0 saturated heterocycles. The van der Waals surface area contributed by atoms with Crippen LogP contribution in [0.4, 0.5) is 5.00 Å². The zero-order valence-electron chi connectivity index (χ0n) is 14.0. The van der Waals surface area contributed by atoms with Gasteiger partial charge in [0.2, 0.25) is 5.91 Å². The first-order chi connectivity index (χ1) is 11.4. The second kappa shape index (κ2) is 6.10. The quantitative estimate of drug-likeness (QED) is 0.776. The molecular weight excluding hydrogens is 322 g/mol. The maximum atomic E-state index is 12.4. The van der Waals surface area contributed by atoms with Crippen molar-refractivity contribution in [3.8, 4) is 6.07 Å². The fourth-order valence-electron chi connectivity index (χ4n) is 2.54. The van der Waals surface area contributed by atoms with E-state index in [4.69, 9.17) is 4.52 Å². The van der Waals surface area contributed by atoms with E-state index < -0.39 is 0 Å². The molecule has 24 heavy (non-hydrogen) atoms. The van der Waals surface area contributed by atoms with E-state index in [1.807, 2.05) is 39.8 Å². The Morgan fingerprint density at radius 1 is 1.29 bits per heavy atom. The predicted octanol–water partition coefficient (Wildman–Crippen LogP) is 4.18. The number of anilines is 1. The van der Waals surface area contributed by atoms with Crippen molar-refractivity contribution in [3.05, 3.63) is 45.0 Å². The van der Waals surface area contributed by atoms with E-state index in [1.165, 1.54) is 11.3 Å². The molecule has 0 spiro atoms. The maximum Gasteiger partial charge on any atom is 0.231 e. The van der Waals surface area contributed by atoms with Gasteiger partial charge in [-0.15, -0.1) is 11.3 Å². The van der Waals surface area contributed by atoms with Crippen molar-refractivity contribution in [3.63, 3.8) is 0 Å². The van der Waals surface area contributed by atoms with Crippen molar-refractivity contribution in [2.75, 3.05) is 5.32 Å². The fraction of sp³-hybridized carbons (Fsp3) is 0.278. The lowest BCUT2D eigenvalue weighted by Gasteiger charge is -2.02. The molecule has 6 heteroatoms. The molecule has 2 aromatic heterocycles. The van der Waals surface area contributed by atoms with E-state index in [0.717, 1.165) is 27.0 Å². The van der Waals surface area contributed by atoms with Gasteiger partial charge in [-0.3, -0.25) is 4.79 Å². The molecule has 0 fully saturated rings. The normalized spacial score (nSPS) is 10.8. The number of hydrogen-bond acceptors (Lipinski definition) is 5. The lowest BCUT2D eigenvalue weighted by molar-refractivity contribution is -0.115. The molecule has 0 aliphatic heterocycles. The Morgan fingerprint density at radius 2 is 2.00 bits per heavy atom. The van der Waals surface area contributed by atoms with Crippen molar-refractivity contribution in [1.82, 2.24) is 5.16 Å². The molecular formula is C18H17N3O2S. The van der Waals surface area contributed by atoms with Crippen molar-refractivity contribution < 1.29 is 9.32 Å². The van der Waals surface area contributed by atoms with Crippen LogP contribution in [-0.2, 0) is 11.2 Å². The summed E-state index contributed by atoms with van der Waals surface area (Å²) in [5, 5.41) is 17.6. The minimum atomic E-state index is -0.207. The monoisotopic (exact) mass is 339 g/mol. The molecule has 3 aromatic rings. The number of nitrogens with one attached hydrogen (secondary N) is 1. The van der Waals surface area contributed by atoms with E-state index in [1.54, 1.807) is 0 Å². The summed E-state index contributed by atoms with van der Waals surface area (Å²) in [5.41, 5.74) is 4.98. The molecule has 0 saturated carbocycles. The Kier molecular flexibility index (Phi) is 4.12. The Morgan fingerprint density at radius 3 is 2.71 bits per heavy atom. The third kappa shape index (κ3) is 2.79. The molecule has 0 bridgehead atoms. The number of aryl methyl sites for hydroxylation is 3. The van der Waals surface area contributed by atoms with Crippen molar-refractivity contribution in [2.45, 2.75) is 34.1 Å². The Labute approximate surface area is 143 Å². The number of carbonyl (C=O) groups excluding carboxylic acids is 1. The zero-order chi connectivity index (χ0) is 17.4. The second-order valence-corrected chi connectivity index (χ2v) is 7.11. The summed E-state index contributed by atoms with van der Waals surface area (Å²) in [7, 11) is 0. The number of rotatable bonds is 3. The molecule has 2 heterocycles. The highest BCUT2D eigenvalue weighted by Gasteiger charge is 2.17. The Bertz CT molecular complexity index is 992. The van der Waals surface area contributed by atoms with E-state index in [9.17, 15) is 10.1 Å². The van der Waals surface area contributed by atoms with Gasteiger partial charge in [0.05, 0.1) is 12.0 Å². The van der Waals surface area contributed by atoms with E-state index in [-0.39, 0.29) is 12.3 Å². The van der Waals surface area contributed by atoms with Gasteiger partial charge in [0.15, 0.2) is 5.58 Å². The summed E-state index contributed by atoms with van der Waals surface area (Å²) in [4.78, 5) is 13.4. The van der Waals surface area contributed by atoms with E-state index in [0.29, 0.717) is 21.8 Å². The van der Waals surface area contributed by atoms with E-state index in [2.05, 4.69) is 16.5 Å². The molecule has 0 atom stereocenters. The van der Waals surface area contributed by atoms with Gasteiger partial charge >= 0.3 is 0 Å². The summed E-state index contributed by atoms with van der Waals surface area (Å²) in [6, 6.07) is 6.07. The van der Waals surface area contributed by atoms with Crippen molar-refractivity contribution in [2.24, 2.45) is 0 Å². The first kappa shape index (κ1) is 16.2. The van der Waals surface area contributed by atoms with Crippen LogP contribution in [-0.4, -0.2) is 11.1 Å². The summed E-state index contributed by atoms with van der Waals surface area (Å²) in [6.45, 7) is 7.85. The van der Waals surface area contributed by atoms with Crippen LogP contribution in [0.15, 0.2) is 16.7 Å². The Hall–Kier alpha value is -2.65. The average molecular weight is 339 g/mol. The predicted molar refractivity (Wildman–Crippen MR) is 94.3 cm³/mol. The van der Waals surface area contributed by atoms with Gasteiger partial charge in [0.1, 0.15) is 16.8 Å². The SMILES string of the molecule is Cc1cc2onc(CC(=O)Nc3sc(C)c(C)c3C#N)c2cc1C. The number of hydrogen-bond donors (Lipinski definition) is 1. The number of thiophene rings is 1. The summed E-state index contributed by atoms with van der Waals surface area (Å²) in [6.07, 6.45) is 0.108. The van der Waals surface area contributed by atoms with Gasteiger partial charge < -0.3 is 9.84 Å². The lowest BCUT2D eigenvalue weighted by atomic mass is 10.1. The molecule has 3 rings (SSSR count). The summed E-state index contributed by atoms with van der Waals surface area (Å²) >= 11 is 1.42. The number of nitriles is 1. The topological polar surface area (TPSA) is 78.9 Å². The number of benzene rings is 1. The third-order valence-corrected chi connectivity index (χ3v) is 5.36. The number of aromatic nitrogens is 1. The van der Waals surface area contributed by atoms with Gasteiger partial charge in [-0.2, -0.15) is 5.26 Å². The van der Waals surface area contributed by atoms with Crippen LogP contribution in [0.25, 0.3) is 11.0 Å². The van der Waals surface area contributed by atoms with Crippen molar-refractivity contribution in [1.29, 1.82) is 5.26 Å². The van der Waals surface area contributed by atoms with Crippen LogP contribution >= 0.6 is 11.3 Å². The molecule has 0 unspecified atom stereocenters. The van der Waals surface area contributed by atoms with Gasteiger partial charge in [0.25, 0.3) is 0 Å². The number of carbonyl (C=O) groups is 1. The Balaban J connectivity index is 1.85. The molecule has 1 N–H and O–H groups in total. The highest BCUT2D eigenvalue weighted by molar-refractivity contribution is 7.16. The molecule has 122 valence electrons. The smallest absolute Gasteiger partial charge is 0.231 e. The standard InChI is InChI=1S/C18H17N3O2S/c1-9-5-13-15(21-23-16(13)6-10(9)2)7-17(22)20-18-14(8-19)11(3)12(4)24-18/h5-6H,7H2,1-4H3,(H,20,22). The summed E-state index contributed by atoms with van der Waals surface area (Å²) in [5.74, 6) is -0.207. The first-order valence-electron chi connectivity index (χ1n) is 7.56. The largest absolute Gasteiger partial charge is 0.356 e. The van der Waals surface area contributed by atoms with Gasteiger partial charge in [0, 0.05) is 10.3 Å². The number of fused-ring (bicyclic) bond motifs is 1. The highest BCUT2D eigenvalue weighted by Crippen LogP contribution is 2.32. The molecule has 1 amide bonds. The maximum absolute atomic E-state index is 12.4. The van der Waals surface area contributed by atoms with Gasteiger partial charge in [-0.1, -0.05) is 5.16 Å². The minimum Gasteiger partial charge on any atom is -0.356 e. The minimum absolute atomic E-state index is 0.108. The zero-order valence-corrected chi connectivity index (χ0v) is 14.8. The highest BCUT2D eigenvalue weighted by atomic mass is 32.1. The van der Waals surface area contributed by atoms with Crippen LogP contribution in [0.5, 0.6) is 0 Å². The fourth-order valence-corrected chi connectivity index (χ4v) is 3.57. The van der Waals surface area contributed by atoms with Crippen molar-refractivity contribution >= 4 is 33.2 Å².